The van der Waals surface area contributed by atoms with E-state index in [-0.39, 0.29) is 34.8 Å². The molecule has 5 rings (SSSR count). The van der Waals surface area contributed by atoms with Crippen LogP contribution in [-0.4, -0.2) is 40.2 Å². The van der Waals surface area contributed by atoms with E-state index in [0.717, 1.165) is 5.56 Å². The van der Waals surface area contributed by atoms with Crippen molar-refractivity contribution in [1.82, 2.24) is 34.3 Å². The normalized spacial score (nSPS) is 11.5. The highest BCUT2D eigenvalue weighted by Crippen LogP contribution is 2.33. The summed E-state index contributed by atoms with van der Waals surface area (Å²) >= 11 is 3.38. The molecule has 1 aromatic carbocycles. The number of pyridine rings is 1. The molecular weight excluding hydrogens is 553 g/mol. The van der Waals surface area contributed by atoms with Crippen molar-refractivity contribution in [2.24, 2.45) is 7.05 Å². The maximum atomic E-state index is 14.0. The minimum absolute atomic E-state index is 0.171. The van der Waals surface area contributed by atoms with Crippen molar-refractivity contribution in [3.05, 3.63) is 76.0 Å². The first-order valence-corrected chi connectivity index (χ1v) is 11.9. The van der Waals surface area contributed by atoms with Gasteiger partial charge in [0.15, 0.2) is 11.5 Å². The quantitative estimate of drug-likeness (QED) is 0.300. The summed E-state index contributed by atoms with van der Waals surface area (Å²) in [5.41, 5.74) is 2.00. The number of aryl methyl sites for hydroxylation is 2. The highest BCUT2D eigenvalue weighted by atomic mass is 79.9. The SMILES string of the molecule is Cc1nn(CC(=O)Nc2nn(Cc3ccc(F)cc3)cc2Br)c2nc(-c3cnn(C)c3)cc(C(F)F)c12. The lowest BCUT2D eigenvalue weighted by Gasteiger charge is -2.08. The number of nitrogens with zero attached hydrogens (tertiary/aromatic N) is 7. The van der Waals surface area contributed by atoms with Crippen LogP contribution in [0.5, 0.6) is 0 Å². The second-order valence-electron chi connectivity index (χ2n) is 8.44. The molecule has 9 nitrogen and oxygen atoms in total. The number of benzene rings is 1. The van der Waals surface area contributed by atoms with Crippen molar-refractivity contribution >= 4 is 38.7 Å². The van der Waals surface area contributed by atoms with Crippen molar-refractivity contribution in [2.45, 2.75) is 26.4 Å². The molecule has 0 bridgehead atoms. The predicted molar refractivity (Wildman–Crippen MR) is 133 cm³/mol. The lowest BCUT2D eigenvalue weighted by molar-refractivity contribution is -0.116. The second kappa shape index (κ2) is 9.81. The van der Waals surface area contributed by atoms with Gasteiger partial charge >= 0.3 is 0 Å². The summed E-state index contributed by atoms with van der Waals surface area (Å²) < 4.78 is 46.1. The maximum absolute atomic E-state index is 14.0. The topological polar surface area (TPSA) is 95.5 Å². The summed E-state index contributed by atoms with van der Waals surface area (Å²) in [6.45, 7) is 1.70. The molecule has 5 aromatic rings. The maximum Gasteiger partial charge on any atom is 0.264 e. The van der Waals surface area contributed by atoms with Gasteiger partial charge < -0.3 is 5.32 Å². The fourth-order valence-corrected chi connectivity index (χ4v) is 4.43. The third-order valence-corrected chi connectivity index (χ3v) is 6.25. The van der Waals surface area contributed by atoms with Gasteiger partial charge in [-0.3, -0.25) is 14.2 Å². The number of carbonyl (C=O) groups is 1. The number of fused-ring (bicyclic) bond motifs is 1. The van der Waals surface area contributed by atoms with Crippen molar-refractivity contribution in [3.8, 4) is 11.3 Å². The fraction of sp³-hybridized carbons (Fsp3) is 0.208. The summed E-state index contributed by atoms with van der Waals surface area (Å²) in [5, 5.41) is 15.7. The van der Waals surface area contributed by atoms with Crippen LogP contribution in [0.25, 0.3) is 22.3 Å². The molecule has 37 heavy (non-hydrogen) atoms. The van der Waals surface area contributed by atoms with Gasteiger partial charge in [-0.25, -0.2) is 22.8 Å². The van der Waals surface area contributed by atoms with Gasteiger partial charge in [0, 0.05) is 30.6 Å². The monoisotopic (exact) mass is 572 g/mol. The highest BCUT2D eigenvalue weighted by molar-refractivity contribution is 9.10. The van der Waals surface area contributed by atoms with E-state index in [4.69, 9.17) is 0 Å². The Balaban J connectivity index is 1.40. The van der Waals surface area contributed by atoms with Crippen LogP contribution in [0.2, 0.25) is 0 Å². The fourth-order valence-electron chi connectivity index (χ4n) is 4.02. The van der Waals surface area contributed by atoms with Crippen LogP contribution in [0, 0.1) is 12.7 Å². The van der Waals surface area contributed by atoms with E-state index in [1.54, 1.807) is 47.9 Å². The third-order valence-electron chi connectivity index (χ3n) is 5.67. The van der Waals surface area contributed by atoms with Crippen LogP contribution in [0.3, 0.4) is 0 Å². The number of nitrogens with one attached hydrogen (secondary N) is 1. The Kier molecular flexibility index (Phi) is 6.54. The van der Waals surface area contributed by atoms with Gasteiger partial charge in [0.1, 0.15) is 12.4 Å². The predicted octanol–water partition coefficient (Wildman–Crippen LogP) is 4.86. The molecule has 0 aliphatic carbocycles. The van der Waals surface area contributed by atoms with Crippen LogP contribution in [-0.2, 0) is 24.9 Å². The first-order chi connectivity index (χ1) is 17.7. The van der Waals surface area contributed by atoms with E-state index in [9.17, 15) is 18.0 Å². The number of anilines is 1. The van der Waals surface area contributed by atoms with Gasteiger partial charge in [-0.05, 0) is 46.6 Å². The van der Waals surface area contributed by atoms with Crippen LogP contribution in [0.4, 0.5) is 19.0 Å². The average molecular weight is 573 g/mol. The lowest BCUT2D eigenvalue weighted by atomic mass is 10.1. The van der Waals surface area contributed by atoms with E-state index in [2.05, 4.69) is 41.5 Å². The van der Waals surface area contributed by atoms with E-state index < -0.39 is 12.3 Å². The molecule has 0 atom stereocenters. The smallest absolute Gasteiger partial charge is 0.264 e. The molecule has 13 heteroatoms. The Morgan fingerprint density at radius 2 is 1.92 bits per heavy atom. The van der Waals surface area contributed by atoms with Gasteiger partial charge in [-0.15, -0.1) is 0 Å². The van der Waals surface area contributed by atoms with Crippen LogP contribution in [0.15, 0.2) is 53.4 Å². The molecule has 0 radical (unpaired) electrons. The number of hydrogen-bond donors (Lipinski definition) is 1. The second-order valence-corrected chi connectivity index (χ2v) is 9.29. The van der Waals surface area contributed by atoms with Gasteiger partial charge in [-0.2, -0.15) is 15.3 Å². The molecule has 1 amide bonds. The number of halogens is 4. The van der Waals surface area contributed by atoms with E-state index in [1.807, 2.05) is 0 Å². The molecule has 0 saturated heterocycles. The molecule has 0 spiro atoms. The van der Waals surface area contributed by atoms with Gasteiger partial charge in [0.05, 0.1) is 34.0 Å². The zero-order valence-electron chi connectivity index (χ0n) is 19.7. The standard InChI is InChI=1S/C24H20BrF3N8O/c1-13-21-17(22(27)28)7-19(15-8-29-34(2)10-15)30-24(21)36(32-13)12-20(37)31-23-18(25)11-35(33-23)9-14-3-5-16(26)6-4-14/h3-8,10-11,22H,9,12H2,1-2H3,(H,31,33,37). The summed E-state index contributed by atoms with van der Waals surface area (Å²) in [6, 6.07) is 7.35. The minimum atomic E-state index is -2.76. The van der Waals surface area contributed by atoms with E-state index in [1.165, 1.54) is 29.1 Å². The van der Waals surface area contributed by atoms with E-state index >= 15 is 0 Å². The zero-order valence-corrected chi connectivity index (χ0v) is 21.2. The van der Waals surface area contributed by atoms with E-state index in [0.29, 0.717) is 28.0 Å². The Hall–Kier alpha value is -4.00. The summed E-state index contributed by atoms with van der Waals surface area (Å²) in [5.74, 6) is -0.524. The Labute approximate surface area is 217 Å². The molecule has 0 aliphatic rings. The molecule has 4 aromatic heterocycles. The van der Waals surface area contributed by atoms with Gasteiger partial charge in [-0.1, -0.05) is 12.1 Å². The first-order valence-electron chi connectivity index (χ1n) is 11.1. The summed E-state index contributed by atoms with van der Waals surface area (Å²) in [6.07, 6.45) is 2.13. The van der Waals surface area contributed by atoms with Crippen molar-refractivity contribution in [2.75, 3.05) is 5.32 Å². The Morgan fingerprint density at radius 1 is 1.16 bits per heavy atom. The zero-order chi connectivity index (χ0) is 26.3. The molecule has 0 saturated carbocycles. The molecule has 1 N–H and O–H groups in total. The number of rotatable bonds is 7. The third kappa shape index (κ3) is 5.12. The van der Waals surface area contributed by atoms with Crippen LogP contribution >= 0.6 is 15.9 Å². The molecule has 4 heterocycles. The van der Waals surface area contributed by atoms with Gasteiger partial charge in [0.25, 0.3) is 6.43 Å². The molecule has 0 aliphatic heterocycles. The first kappa shape index (κ1) is 24.7. The number of carbonyl (C=O) groups excluding carboxylic acids is 1. The van der Waals surface area contributed by atoms with Crippen molar-refractivity contribution < 1.29 is 18.0 Å². The van der Waals surface area contributed by atoms with Crippen molar-refractivity contribution in [1.29, 1.82) is 0 Å². The van der Waals surface area contributed by atoms with Gasteiger partial charge in [0.2, 0.25) is 5.91 Å². The van der Waals surface area contributed by atoms with Crippen LogP contribution in [0.1, 0.15) is 23.2 Å². The number of aromatic nitrogens is 7. The minimum Gasteiger partial charge on any atom is -0.307 e. The summed E-state index contributed by atoms with van der Waals surface area (Å²) in [7, 11) is 1.72. The molecule has 190 valence electrons. The lowest BCUT2D eigenvalue weighted by Crippen LogP contribution is -2.20. The summed E-state index contributed by atoms with van der Waals surface area (Å²) in [4.78, 5) is 17.4. The average Bonchev–Trinajstić information content (AvgIpc) is 3.52. The number of amides is 1. The highest BCUT2D eigenvalue weighted by Gasteiger charge is 2.23. The molecule has 0 unspecified atom stereocenters. The number of alkyl halides is 2. The Morgan fingerprint density at radius 3 is 2.59 bits per heavy atom. The largest absolute Gasteiger partial charge is 0.307 e. The molecule has 0 fully saturated rings. The number of hydrogen-bond acceptors (Lipinski definition) is 5. The molecular formula is C24H20BrF3N8O. The van der Waals surface area contributed by atoms with Crippen LogP contribution < -0.4 is 5.32 Å². The van der Waals surface area contributed by atoms with Crippen molar-refractivity contribution in [3.63, 3.8) is 0 Å². The Bertz CT molecular complexity index is 1610.